The van der Waals surface area contributed by atoms with Crippen LogP contribution in [0.3, 0.4) is 0 Å². The Hall–Kier alpha value is -3.85. The SMILES string of the molecule is CCN1C(=O)N[C@H](c2cccc(Oc3ccccc3)c2)C2=C1CN([C@H](CC(C)C)C(=O)NCCCOC)C2=O. The third kappa shape index (κ3) is 6.42. The van der Waals surface area contributed by atoms with Crippen molar-refractivity contribution in [2.24, 2.45) is 5.92 Å². The van der Waals surface area contributed by atoms with Crippen LogP contribution in [0.1, 0.15) is 45.2 Å². The largest absolute Gasteiger partial charge is 0.457 e. The number of benzene rings is 2. The summed E-state index contributed by atoms with van der Waals surface area (Å²) < 4.78 is 11.1. The van der Waals surface area contributed by atoms with Gasteiger partial charge in [0.15, 0.2) is 0 Å². The maximum absolute atomic E-state index is 14.0. The maximum atomic E-state index is 14.0. The van der Waals surface area contributed by atoms with Crippen molar-refractivity contribution in [3.8, 4) is 11.5 Å². The van der Waals surface area contributed by atoms with Crippen molar-refractivity contribution >= 4 is 17.8 Å². The molecular formula is C30H38N4O5. The first-order chi connectivity index (χ1) is 18.8. The molecule has 39 heavy (non-hydrogen) atoms. The molecule has 2 aromatic rings. The maximum Gasteiger partial charge on any atom is 0.322 e. The Morgan fingerprint density at radius 2 is 1.85 bits per heavy atom. The summed E-state index contributed by atoms with van der Waals surface area (Å²) in [5.74, 6) is 1.06. The van der Waals surface area contributed by atoms with Crippen LogP contribution in [-0.4, -0.2) is 67.0 Å². The summed E-state index contributed by atoms with van der Waals surface area (Å²) in [7, 11) is 1.62. The number of urea groups is 1. The lowest BCUT2D eigenvalue weighted by molar-refractivity contribution is -0.137. The van der Waals surface area contributed by atoms with Gasteiger partial charge in [-0.3, -0.25) is 14.5 Å². The smallest absolute Gasteiger partial charge is 0.322 e. The summed E-state index contributed by atoms with van der Waals surface area (Å²) in [6, 6.07) is 15.3. The molecule has 2 heterocycles. The fourth-order valence-corrected chi connectivity index (χ4v) is 5.10. The van der Waals surface area contributed by atoms with E-state index in [4.69, 9.17) is 9.47 Å². The van der Waals surface area contributed by atoms with E-state index in [2.05, 4.69) is 10.6 Å². The van der Waals surface area contributed by atoms with E-state index in [1.54, 1.807) is 16.9 Å². The molecule has 9 heteroatoms. The van der Waals surface area contributed by atoms with E-state index in [-0.39, 0.29) is 30.3 Å². The van der Waals surface area contributed by atoms with Crippen molar-refractivity contribution in [1.29, 1.82) is 0 Å². The van der Waals surface area contributed by atoms with Gasteiger partial charge in [-0.2, -0.15) is 0 Å². The van der Waals surface area contributed by atoms with Crippen LogP contribution >= 0.6 is 0 Å². The number of rotatable bonds is 12. The molecule has 2 aliphatic heterocycles. The van der Waals surface area contributed by atoms with Crippen LogP contribution in [0.15, 0.2) is 65.9 Å². The van der Waals surface area contributed by atoms with Crippen LogP contribution in [0.25, 0.3) is 0 Å². The quantitative estimate of drug-likeness (QED) is 0.397. The molecule has 208 valence electrons. The Balaban J connectivity index is 1.63. The van der Waals surface area contributed by atoms with Crippen molar-refractivity contribution in [2.45, 2.75) is 45.7 Å². The molecule has 0 radical (unpaired) electrons. The number of likely N-dealkylation sites (N-methyl/N-ethyl adjacent to an activating group) is 1. The summed E-state index contributed by atoms with van der Waals surface area (Å²) in [6.07, 6.45) is 1.20. The number of nitrogens with one attached hydrogen (secondary N) is 2. The molecule has 4 rings (SSSR count). The number of methoxy groups -OCH3 is 1. The van der Waals surface area contributed by atoms with Crippen LogP contribution in [0.2, 0.25) is 0 Å². The van der Waals surface area contributed by atoms with E-state index in [1.807, 2.05) is 75.4 Å². The van der Waals surface area contributed by atoms with E-state index >= 15 is 0 Å². The van der Waals surface area contributed by atoms with Crippen LogP contribution in [0.4, 0.5) is 4.79 Å². The topological polar surface area (TPSA) is 100 Å². The van der Waals surface area contributed by atoms with Crippen molar-refractivity contribution in [3.05, 3.63) is 71.4 Å². The molecule has 0 unspecified atom stereocenters. The Morgan fingerprint density at radius 3 is 2.54 bits per heavy atom. The molecule has 2 aromatic carbocycles. The Labute approximate surface area is 230 Å². The average molecular weight is 535 g/mol. The van der Waals surface area contributed by atoms with Gasteiger partial charge in [0.05, 0.1) is 23.9 Å². The third-order valence-corrected chi connectivity index (χ3v) is 6.93. The molecule has 0 aromatic heterocycles. The highest BCUT2D eigenvalue weighted by atomic mass is 16.5. The Morgan fingerprint density at radius 1 is 1.10 bits per heavy atom. The number of amides is 4. The van der Waals surface area contributed by atoms with Crippen LogP contribution in [-0.2, 0) is 14.3 Å². The van der Waals surface area contributed by atoms with Gasteiger partial charge >= 0.3 is 6.03 Å². The minimum atomic E-state index is -0.656. The number of nitrogens with zero attached hydrogens (tertiary/aromatic N) is 2. The third-order valence-electron chi connectivity index (χ3n) is 6.93. The predicted octanol–water partition coefficient (Wildman–Crippen LogP) is 4.23. The summed E-state index contributed by atoms with van der Waals surface area (Å²) >= 11 is 0. The average Bonchev–Trinajstić information content (AvgIpc) is 3.26. The van der Waals surface area contributed by atoms with E-state index in [0.29, 0.717) is 55.3 Å². The summed E-state index contributed by atoms with van der Waals surface area (Å²) in [5.41, 5.74) is 1.88. The zero-order valence-electron chi connectivity index (χ0n) is 23.1. The lowest BCUT2D eigenvalue weighted by Gasteiger charge is -2.33. The highest BCUT2D eigenvalue weighted by molar-refractivity contribution is 6.03. The second kappa shape index (κ2) is 12.8. The molecule has 0 aliphatic carbocycles. The molecule has 0 spiro atoms. The zero-order chi connectivity index (χ0) is 27.9. The number of ether oxygens (including phenoxy) is 2. The van der Waals surface area contributed by atoms with E-state index < -0.39 is 12.1 Å². The lowest BCUT2D eigenvalue weighted by atomic mass is 9.95. The predicted molar refractivity (Wildman–Crippen MR) is 148 cm³/mol. The van der Waals surface area contributed by atoms with Gasteiger partial charge in [0.2, 0.25) is 5.91 Å². The monoisotopic (exact) mass is 534 g/mol. The van der Waals surface area contributed by atoms with Crippen molar-refractivity contribution < 1.29 is 23.9 Å². The molecule has 0 saturated heterocycles. The second-order valence-corrected chi connectivity index (χ2v) is 10.2. The normalized spacial score (nSPS) is 17.8. The molecule has 0 bridgehead atoms. The van der Waals surface area contributed by atoms with Crippen molar-refractivity contribution in [2.75, 3.05) is 33.4 Å². The van der Waals surface area contributed by atoms with Gasteiger partial charge in [0.1, 0.15) is 17.5 Å². The van der Waals surface area contributed by atoms with Crippen LogP contribution in [0.5, 0.6) is 11.5 Å². The highest BCUT2D eigenvalue weighted by Crippen LogP contribution is 2.38. The van der Waals surface area contributed by atoms with Crippen LogP contribution < -0.4 is 15.4 Å². The number of para-hydroxylation sites is 1. The van der Waals surface area contributed by atoms with E-state index in [1.165, 1.54) is 0 Å². The Bertz CT molecular complexity index is 1210. The summed E-state index contributed by atoms with van der Waals surface area (Å²) in [4.78, 5) is 43.7. The second-order valence-electron chi connectivity index (χ2n) is 10.2. The number of hydrogen-bond donors (Lipinski definition) is 2. The molecule has 0 fully saturated rings. The molecule has 2 atom stereocenters. The molecular weight excluding hydrogens is 496 g/mol. The number of hydrogen-bond acceptors (Lipinski definition) is 5. The fourth-order valence-electron chi connectivity index (χ4n) is 5.10. The van der Waals surface area contributed by atoms with Crippen LogP contribution in [0, 0.1) is 5.92 Å². The molecule has 4 amide bonds. The first-order valence-electron chi connectivity index (χ1n) is 13.6. The minimum absolute atomic E-state index is 0.190. The minimum Gasteiger partial charge on any atom is -0.457 e. The van der Waals surface area contributed by atoms with Gasteiger partial charge < -0.3 is 25.0 Å². The lowest BCUT2D eigenvalue weighted by Crippen LogP contribution is -2.49. The van der Waals surface area contributed by atoms with Gasteiger partial charge in [-0.25, -0.2) is 4.79 Å². The standard InChI is InChI=1S/C30H38N4O5/c1-5-33-25-19-34(24(17-20(2)3)28(35)31-15-10-16-38-4)29(36)26(25)27(32-30(33)37)21-11-9-14-23(18-21)39-22-12-7-6-8-13-22/h6-9,11-14,18,20,24,27H,5,10,15-17,19H2,1-4H3,(H,31,35)(H,32,37)/t24-,27-/m1/s1. The molecule has 9 nitrogen and oxygen atoms in total. The summed E-state index contributed by atoms with van der Waals surface area (Å²) in [6.45, 7) is 7.56. The van der Waals surface area contributed by atoms with Crippen molar-refractivity contribution in [1.82, 2.24) is 20.4 Å². The number of carbonyl (C=O) groups excluding carboxylic acids is 3. The van der Waals surface area contributed by atoms with Gasteiger partial charge in [0.25, 0.3) is 5.91 Å². The highest BCUT2D eigenvalue weighted by Gasteiger charge is 2.46. The van der Waals surface area contributed by atoms with E-state index in [0.717, 1.165) is 5.56 Å². The van der Waals surface area contributed by atoms with E-state index in [9.17, 15) is 14.4 Å². The fraction of sp³-hybridized carbons (Fsp3) is 0.433. The van der Waals surface area contributed by atoms with Gasteiger partial charge in [-0.1, -0.05) is 44.2 Å². The van der Waals surface area contributed by atoms with Crippen molar-refractivity contribution in [3.63, 3.8) is 0 Å². The van der Waals surface area contributed by atoms with Gasteiger partial charge in [-0.15, -0.1) is 0 Å². The summed E-state index contributed by atoms with van der Waals surface area (Å²) in [5, 5.41) is 5.98. The Kier molecular flexibility index (Phi) is 9.24. The number of carbonyl (C=O) groups is 3. The first kappa shape index (κ1) is 28.2. The first-order valence-corrected chi connectivity index (χ1v) is 13.6. The molecule has 2 N–H and O–H groups in total. The zero-order valence-corrected chi connectivity index (χ0v) is 23.1. The molecule has 2 aliphatic rings. The molecule has 0 saturated carbocycles. The van der Waals surface area contributed by atoms with Gasteiger partial charge in [0, 0.05) is 26.8 Å². The van der Waals surface area contributed by atoms with Gasteiger partial charge in [-0.05, 0) is 55.5 Å².